The van der Waals surface area contributed by atoms with Crippen LogP contribution in [-0.2, 0) is 11.3 Å². The Morgan fingerprint density at radius 3 is 2.54 bits per heavy atom. The number of aromatic nitrogens is 1. The van der Waals surface area contributed by atoms with E-state index in [1.165, 1.54) is 29.7 Å². The highest BCUT2D eigenvalue weighted by atomic mass is 16.2. The second-order valence-electron chi connectivity index (χ2n) is 9.82. The fraction of sp³-hybridized carbons (Fsp3) is 0.481. The van der Waals surface area contributed by atoms with Crippen LogP contribution in [0.1, 0.15) is 54.4 Å². The number of benzene rings is 1. The summed E-state index contributed by atoms with van der Waals surface area (Å²) in [5, 5.41) is 2.34. The van der Waals surface area contributed by atoms with E-state index < -0.39 is 6.03 Å². The summed E-state index contributed by atoms with van der Waals surface area (Å²) in [5.74, 6) is 0.344. The van der Waals surface area contributed by atoms with Gasteiger partial charge in [0.2, 0.25) is 5.91 Å². The molecule has 4 amide bonds. The van der Waals surface area contributed by atoms with E-state index in [2.05, 4.69) is 27.3 Å². The van der Waals surface area contributed by atoms with Crippen LogP contribution in [0.3, 0.4) is 0 Å². The molecule has 0 radical (unpaired) electrons. The Morgan fingerprint density at radius 2 is 1.77 bits per heavy atom. The Bertz CT molecular complexity index is 1070. The summed E-state index contributed by atoms with van der Waals surface area (Å²) in [4.78, 5) is 47.2. The van der Waals surface area contributed by atoms with E-state index in [0.29, 0.717) is 29.8 Å². The van der Waals surface area contributed by atoms with E-state index in [1.807, 2.05) is 23.4 Å². The molecule has 0 spiro atoms. The molecular weight excluding hydrogens is 442 g/mol. The van der Waals surface area contributed by atoms with E-state index in [0.717, 1.165) is 39.0 Å². The summed E-state index contributed by atoms with van der Waals surface area (Å²) in [7, 11) is 0. The molecule has 35 heavy (non-hydrogen) atoms. The fourth-order valence-electron chi connectivity index (χ4n) is 5.76. The first-order valence-electron chi connectivity index (χ1n) is 12.7. The minimum absolute atomic E-state index is 0.0103. The molecule has 5 rings (SSSR count). The monoisotopic (exact) mass is 475 g/mol. The lowest BCUT2D eigenvalue weighted by atomic mass is 9.83. The summed E-state index contributed by atoms with van der Waals surface area (Å²) in [6, 6.07) is 11.5. The maximum atomic E-state index is 13.3. The molecule has 1 N–H and O–H groups in total. The highest BCUT2D eigenvalue weighted by Gasteiger charge is 2.34. The number of amides is 4. The topological polar surface area (TPSA) is 85.9 Å². The smallest absolute Gasteiger partial charge is 0.328 e. The molecule has 8 nitrogen and oxygen atoms in total. The van der Waals surface area contributed by atoms with E-state index in [4.69, 9.17) is 0 Å². The number of carbonyl (C=O) groups excluding carboxylic acids is 3. The Labute approximate surface area is 206 Å². The second-order valence-corrected chi connectivity index (χ2v) is 9.82. The van der Waals surface area contributed by atoms with Gasteiger partial charge in [-0.3, -0.25) is 29.7 Å². The van der Waals surface area contributed by atoms with Gasteiger partial charge in [-0.2, -0.15) is 0 Å². The predicted octanol–water partition coefficient (Wildman–Crippen LogP) is 3.43. The van der Waals surface area contributed by atoms with Gasteiger partial charge < -0.3 is 4.90 Å². The number of likely N-dealkylation sites (tertiary alicyclic amines) is 2. The average Bonchev–Trinajstić information content (AvgIpc) is 2.89. The minimum atomic E-state index is -0.435. The third-order valence-corrected chi connectivity index (χ3v) is 7.63. The average molecular weight is 476 g/mol. The van der Waals surface area contributed by atoms with Crippen molar-refractivity contribution >= 4 is 23.5 Å². The van der Waals surface area contributed by atoms with Crippen molar-refractivity contribution in [1.29, 1.82) is 0 Å². The van der Waals surface area contributed by atoms with E-state index in [-0.39, 0.29) is 18.2 Å². The zero-order chi connectivity index (χ0) is 24.2. The van der Waals surface area contributed by atoms with Gasteiger partial charge in [-0.05, 0) is 74.0 Å². The standard InChI is InChI=1S/C27H33N5O3/c33-25-11-17-32(27(35)29-25)23-5-3-4-22(18-23)26(34)30-15-9-21(10-16-30)24-6-1-2-14-31(24)19-20-7-12-28-13-8-20/h3-5,7-8,12-13,18,21,24H,1-2,6,9-11,14-17,19H2,(H,29,33,35). The van der Waals surface area contributed by atoms with Crippen molar-refractivity contribution in [3.05, 3.63) is 59.9 Å². The van der Waals surface area contributed by atoms with Crippen molar-refractivity contribution in [2.24, 2.45) is 5.92 Å². The molecule has 8 heteroatoms. The number of carbonyl (C=O) groups is 3. The lowest BCUT2D eigenvalue weighted by molar-refractivity contribution is -0.120. The Balaban J connectivity index is 1.20. The zero-order valence-corrected chi connectivity index (χ0v) is 20.1. The van der Waals surface area contributed by atoms with Gasteiger partial charge in [0, 0.05) is 62.3 Å². The summed E-state index contributed by atoms with van der Waals surface area (Å²) in [6.07, 6.45) is 9.77. The van der Waals surface area contributed by atoms with Crippen LogP contribution in [0.5, 0.6) is 0 Å². The van der Waals surface area contributed by atoms with Crippen LogP contribution in [0.25, 0.3) is 0 Å². The molecular formula is C27H33N5O3. The maximum absolute atomic E-state index is 13.3. The quantitative estimate of drug-likeness (QED) is 0.716. The van der Waals surface area contributed by atoms with Gasteiger partial charge >= 0.3 is 6.03 Å². The number of anilines is 1. The Morgan fingerprint density at radius 1 is 0.971 bits per heavy atom. The first kappa shape index (κ1) is 23.5. The molecule has 0 aliphatic carbocycles. The molecule has 1 unspecified atom stereocenters. The molecule has 0 bridgehead atoms. The lowest BCUT2D eigenvalue weighted by Gasteiger charge is -2.44. The normalized spacial score (nSPS) is 22.2. The minimum Gasteiger partial charge on any atom is -0.339 e. The summed E-state index contributed by atoms with van der Waals surface area (Å²) in [5.41, 5.74) is 2.54. The second kappa shape index (κ2) is 10.6. The third-order valence-electron chi connectivity index (χ3n) is 7.63. The number of imide groups is 1. The molecule has 3 aliphatic heterocycles. The number of rotatable bonds is 5. The summed E-state index contributed by atoms with van der Waals surface area (Å²) >= 11 is 0. The number of nitrogens with one attached hydrogen (secondary N) is 1. The number of hydrogen-bond acceptors (Lipinski definition) is 5. The fourth-order valence-corrected chi connectivity index (χ4v) is 5.76. The molecule has 184 valence electrons. The number of piperidine rings is 2. The summed E-state index contributed by atoms with van der Waals surface area (Å²) in [6.45, 7) is 3.94. The first-order valence-corrected chi connectivity index (χ1v) is 12.7. The van der Waals surface area contributed by atoms with Gasteiger partial charge in [0.1, 0.15) is 0 Å². The number of hydrogen-bond donors (Lipinski definition) is 1. The predicted molar refractivity (Wildman–Crippen MR) is 133 cm³/mol. The molecule has 1 aromatic carbocycles. The lowest BCUT2D eigenvalue weighted by Crippen LogP contribution is -2.49. The van der Waals surface area contributed by atoms with Crippen molar-refractivity contribution in [2.45, 2.75) is 51.1 Å². The molecule has 2 aromatic rings. The van der Waals surface area contributed by atoms with Gasteiger partial charge in [-0.1, -0.05) is 12.5 Å². The van der Waals surface area contributed by atoms with Crippen molar-refractivity contribution in [3.63, 3.8) is 0 Å². The zero-order valence-electron chi connectivity index (χ0n) is 20.1. The van der Waals surface area contributed by atoms with Gasteiger partial charge in [0.05, 0.1) is 0 Å². The highest BCUT2D eigenvalue weighted by molar-refractivity contribution is 6.06. The molecule has 3 fully saturated rings. The Kier molecular flexibility index (Phi) is 7.08. The van der Waals surface area contributed by atoms with Crippen LogP contribution >= 0.6 is 0 Å². The SMILES string of the molecule is O=C1CCN(c2cccc(C(=O)N3CCC(C4CCCCN4Cc4ccncc4)CC3)c2)C(=O)N1. The third kappa shape index (κ3) is 5.37. The van der Waals surface area contributed by atoms with Crippen molar-refractivity contribution in [3.8, 4) is 0 Å². The van der Waals surface area contributed by atoms with Crippen LogP contribution in [-0.4, -0.2) is 64.9 Å². The first-order chi connectivity index (χ1) is 17.1. The molecule has 3 saturated heterocycles. The van der Waals surface area contributed by atoms with Gasteiger partial charge in [0.25, 0.3) is 5.91 Å². The van der Waals surface area contributed by atoms with Gasteiger partial charge in [0.15, 0.2) is 0 Å². The van der Waals surface area contributed by atoms with Crippen LogP contribution < -0.4 is 10.2 Å². The van der Waals surface area contributed by atoms with E-state index in [1.54, 1.807) is 18.2 Å². The molecule has 0 saturated carbocycles. The molecule has 3 aliphatic rings. The number of nitrogens with zero attached hydrogens (tertiary/aromatic N) is 4. The maximum Gasteiger partial charge on any atom is 0.328 e. The van der Waals surface area contributed by atoms with Crippen molar-refractivity contribution < 1.29 is 14.4 Å². The van der Waals surface area contributed by atoms with E-state index in [9.17, 15) is 14.4 Å². The van der Waals surface area contributed by atoms with Crippen LogP contribution in [0.2, 0.25) is 0 Å². The largest absolute Gasteiger partial charge is 0.339 e. The van der Waals surface area contributed by atoms with Crippen LogP contribution in [0.15, 0.2) is 48.8 Å². The van der Waals surface area contributed by atoms with Crippen LogP contribution in [0.4, 0.5) is 10.5 Å². The van der Waals surface area contributed by atoms with Crippen molar-refractivity contribution in [2.75, 3.05) is 31.1 Å². The Hall–Kier alpha value is -3.26. The summed E-state index contributed by atoms with van der Waals surface area (Å²) < 4.78 is 0. The number of pyridine rings is 1. The van der Waals surface area contributed by atoms with E-state index >= 15 is 0 Å². The highest BCUT2D eigenvalue weighted by Crippen LogP contribution is 2.32. The molecule has 4 heterocycles. The van der Waals surface area contributed by atoms with Gasteiger partial charge in [-0.15, -0.1) is 0 Å². The molecule has 1 atom stereocenters. The molecule has 1 aromatic heterocycles. The number of urea groups is 1. The van der Waals surface area contributed by atoms with Gasteiger partial charge in [-0.25, -0.2) is 4.79 Å². The van der Waals surface area contributed by atoms with Crippen LogP contribution in [0, 0.1) is 5.92 Å². The van der Waals surface area contributed by atoms with Crippen molar-refractivity contribution in [1.82, 2.24) is 20.1 Å².